The summed E-state index contributed by atoms with van der Waals surface area (Å²) in [6.07, 6.45) is 2.94. The number of rotatable bonds is 5. The third-order valence-electron chi connectivity index (χ3n) is 6.19. The van der Waals surface area contributed by atoms with Crippen molar-refractivity contribution in [2.24, 2.45) is 0 Å². The maximum absolute atomic E-state index is 13.2. The first-order valence-corrected chi connectivity index (χ1v) is 10.4. The van der Waals surface area contributed by atoms with Gasteiger partial charge in [0.1, 0.15) is 5.54 Å². The summed E-state index contributed by atoms with van der Waals surface area (Å²) in [5.74, 6) is 0.101. The van der Waals surface area contributed by atoms with Crippen molar-refractivity contribution in [3.8, 4) is 0 Å². The predicted octanol–water partition coefficient (Wildman–Crippen LogP) is 2.77. The topological polar surface area (TPSA) is 43.9 Å². The highest BCUT2D eigenvalue weighted by Crippen LogP contribution is 2.42. The van der Waals surface area contributed by atoms with Crippen LogP contribution in [0.2, 0.25) is 5.02 Å². The molecule has 1 saturated heterocycles. The second-order valence-electron chi connectivity index (χ2n) is 7.63. The summed E-state index contributed by atoms with van der Waals surface area (Å²) in [6.45, 7) is 7.32. The largest absolute Gasteiger partial charge is 0.328 e. The number of benzene rings is 1. The Hall–Kier alpha value is -1.43. The van der Waals surface area contributed by atoms with E-state index in [4.69, 9.17) is 11.6 Å². The number of nitrogens with zero attached hydrogens (tertiary/aromatic N) is 3. The Morgan fingerprint density at radius 1 is 1.15 bits per heavy atom. The fourth-order valence-electron chi connectivity index (χ4n) is 4.40. The standard InChI is InChI=1S/C21H30ClN3O2/c1-3-24-12-14-25(15-13-24)16-20(27)23(2)21(11-7-6-10-19(21)26)17-8-4-5-9-18(17)22/h4-5,8-9H,3,6-7,10-16H2,1-2H3. The normalized spacial score (nSPS) is 24.8. The number of piperazine rings is 1. The Kier molecular flexibility index (Phi) is 6.56. The van der Waals surface area contributed by atoms with Crippen LogP contribution in [-0.2, 0) is 15.1 Å². The molecule has 1 aromatic rings. The van der Waals surface area contributed by atoms with Crippen molar-refractivity contribution in [2.45, 2.75) is 38.1 Å². The van der Waals surface area contributed by atoms with Crippen LogP contribution in [0, 0.1) is 0 Å². The minimum atomic E-state index is -0.932. The summed E-state index contributed by atoms with van der Waals surface area (Å²) >= 11 is 6.48. The lowest BCUT2D eigenvalue weighted by Gasteiger charge is -2.45. The molecule has 3 rings (SSSR count). The third-order valence-corrected chi connectivity index (χ3v) is 6.52. The second-order valence-corrected chi connectivity index (χ2v) is 8.04. The molecule has 0 aromatic heterocycles. The third kappa shape index (κ3) is 4.05. The summed E-state index contributed by atoms with van der Waals surface area (Å²) < 4.78 is 0. The molecule has 0 spiro atoms. The molecule has 1 aliphatic carbocycles. The lowest BCUT2D eigenvalue weighted by Crippen LogP contribution is -2.57. The fraction of sp³-hybridized carbons (Fsp3) is 0.619. The van der Waals surface area contributed by atoms with Crippen LogP contribution in [0.5, 0.6) is 0 Å². The lowest BCUT2D eigenvalue weighted by atomic mass is 9.74. The molecular weight excluding hydrogens is 362 g/mol. The molecule has 1 heterocycles. The number of hydrogen-bond acceptors (Lipinski definition) is 4. The molecule has 1 unspecified atom stereocenters. The summed E-state index contributed by atoms with van der Waals surface area (Å²) in [5.41, 5.74) is -0.165. The molecule has 0 radical (unpaired) electrons. The fourth-order valence-corrected chi connectivity index (χ4v) is 4.70. The van der Waals surface area contributed by atoms with E-state index in [-0.39, 0.29) is 11.7 Å². The number of carbonyl (C=O) groups excluding carboxylic acids is 2. The molecule has 148 valence electrons. The van der Waals surface area contributed by atoms with Crippen LogP contribution in [0.3, 0.4) is 0 Å². The van der Waals surface area contributed by atoms with Crippen LogP contribution in [0.25, 0.3) is 0 Å². The van der Waals surface area contributed by atoms with Gasteiger partial charge in [-0.25, -0.2) is 0 Å². The molecule has 1 saturated carbocycles. The van der Waals surface area contributed by atoms with Crippen LogP contribution in [0.15, 0.2) is 24.3 Å². The van der Waals surface area contributed by atoms with E-state index in [1.165, 1.54) is 0 Å². The second kappa shape index (κ2) is 8.72. The number of hydrogen-bond donors (Lipinski definition) is 0. The molecule has 1 atom stereocenters. The van der Waals surface area contributed by atoms with Crippen molar-refractivity contribution < 1.29 is 9.59 Å². The number of amides is 1. The summed E-state index contributed by atoms with van der Waals surface area (Å²) in [7, 11) is 1.77. The molecule has 2 aliphatic rings. The van der Waals surface area contributed by atoms with Gasteiger partial charge in [-0.3, -0.25) is 14.5 Å². The molecule has 6 heteroatoms. The molecule has 0 N–H and O–H groups in total. The van der Waals surface area contributed by atoms with Gasteiger partial charge in [-0.15, -0.1) is 0 Å². The molecule has 1 aliphatic heterocycles. The Morgan fingerprint density at radius 2 is 1.81 bits per heavy atom. The Bertz CT molecular complexity index is 688. The SMILES string of the molecule is CCN1CCN(CC(=O)N(C)C2(c3ccccc3Cl)CCCCC2=O)CC1. The van der Waals surface area contributed by atoms with E-state index in [0.717, 1.165) is 51.1 Å². The van der Waals surface area contributed by atoms with Gasteiger partial charge in [-0.1, -0.05) is 36.7 Å². The summed E-state index contributed by atoms with van der Waals surface area (Å²) in [5, 5.41) is 0.559. The van der Waals surface area contributed by atoms with E-state index < -0.39 is 5.54 Å². The van der Waals surface area contributed by atoms with Crippen molar-refractivity contribution in [3.63, 3.8) is 0 Å². The van der Waals surface area contributed by atoms with E-state index in [1.807, 2.05) is 24.3 Å². The van der Waals surface area contributed by atoms with Gasteiger partial charge in [0.05, 0.1) is 6.54 Å². The van der Waals surface area contributed by atoms with Crippen molar-refractivity contribution >= 4 is 23.3 Å². The van der Waals surface area contributed by atoms with Crippen molar-refractivity contribution in [1.82, 2.24) is 14.7 Å². The van der Waals surface area contributed by atoms with Crippen molar-refractivity contribution in [2.75, 3.05) is 46.3 Å². The Balaban J connectivity index is 1.81. The monoisotopic (exact) mass is 391 g/mol. The zero-order chi connectivity index (χ0) is 19.4. The number of halogens is 1. The quantitative estimate of drug-likeness (QED) is 0.774. The van der Waals surface area contributed by atoms with E-state index in [1.54, 1.807) is 11.9 Å². The minimum Gasteiger partial charge on any atom is -0.328 e. The predicted molar refractivity (Wildman–Crippen MR) is 108 cm³/mol. The van der Waals surface area contributed by atoms with Gasteiger partial charge in [0, 0.05) is 50.2 Å². The maximum Gasteiger partial charge on any atom is 0.237 e. The van der Waals surface area contributed by atoms with Crippen molar-refractivity contribution in [3.05, 3.63) is 34.9 Å². The van der Waals surface area contributed by atoms with E-state index >= 15 is 0 Å². The Labute approximate surface area is 167 Å². The molecule has 2 fully saturated rings. The van der Waals surface area contributed by atoms with Crippen LogP contribution >= 0.6 is 11.6 Å². The first-order chi connectivity index (χ1) is 13.0. The van der Waals surface area contributed by atoms with Crippen LogP contribution < -0.4 is 0 Å². The first kappa shape index (κ1) is 20.3. The highest BCUT2D eigenvalue weighted by atomic mass is 35.5. The van der Waals surface area contributed by atoms with Gasteiger partial charge in [0.2, 0.25) is 5.91 Å². The highest BCUT2D eigenvalue weighted by molar-refractivity contribution is 6.31. The maximum atomic E-state index is 13.2. The van der Waals surface area contributed by atoms with E-state index in [9.17, 15) is 9.59 Å². The Morgan fingerprint density at radius 3 is 2.44 bits per heavy atom. The first-order valence-electron chi connectivity index (χ1n) is 9.98. The average molecular weight is 392 g/mol. The van der Waals surface area contributed by atoms with E-state index in [0.29, 0.717) is 24.4 Å². The van der Waals surface area contributed by atoms with Crippen LogP contribution in [0.4, 0.5) is 0 Å². The lowest BCUT2D eigenvalue weighted by molar-refractivity contribution is -0.149. The van der Waals surface area contributed by atoms with Crippen LogP contribution in [0.1, 0.15) is 38.2 Å². The molecule has 1 amide bonds. The van der Waals surface area contributed by atoms with Crippen LogP contribution in [-0.4, -0.2) is 72.7 Å². The van der Waals surface area contributed by atoms with Gasteiger partial charge < -0.3 is 9.80 Å². The molecular formula is C21H30ClN3O2. The van der Waals surface area contributed by atoms with Gasteiger partial charge >= 0.3 is 0 Å². The molecule has 5 nitrogen and oxygen atoms in total. The zero-order valence-electron chi connectivity index (χ0n) is 16.4. The molecule has 0 bridgehead atoms. The van der Waals surface area contributed by atoms with Gasteiger partial charge in [0.25, 0.3) is 0 Å². The zero-order valence-corrected chi connectivity index (χ0v) is 17.2. The highest BCUT2D eigenvalue weighted by Gasteiger charge is 2.48. The minimum absolute atomic E-state index is 0.00452. The number of Topliss-reactive ketones (excluding diaryl/α,β-unsaturated/α-hetero) is 1. The molecule has 1 aromatic carbocycles. The van der Waals surface area contributed by atoms with Crippen molar-refractivity contribution in [1.29, 1.82) is 0 Å². The molecule has 27 heavy (non-hydrogen) atoms. The van der Waals surface area contributed by atoms with Gasteiger partial charge in [-0.05, 0) is 31.9 Å². The summed E-state index contributed by atoms with van der Waals surface area (Å²) in [4.78, 5) is 32.6. The van der Waals surface area contributed by atoms with Gasteiger partial charge in [-0.2, -0.15) is 0 Å². The number of likely N-dealkylation sites (N-methyl/N-ethyl adjacent to an activating group) is 2. The number of ketones is 1. The van der Waals surface area contributed by atoms with Gasteiger partial charge in [0.15, 0.2) is 5.78 Å². The summed E-state index contributed by atoms with van der Waals surface area (Å²) in [6, 6.07) is 7.47. The number of carbonyl (C=O) groups is 2. The average Bonchev–Trinajstić information content (AvgIpc) is 2.69. The smallest absolute Gasteiger partial charge is 0.237 e. The van der Waals surface area contributed by atoms with E-state index in [2.05, 4.69) is 16.7 Å².